The molecule has 1 amide bonds. The third-order valence-electron chi connectivity index (χ3n) is 5.71. The number of nitrogens with one attached hydrogen (secondary N) is 3. The van der Waals surface area contributed by atoms with Gasteiger partial charge < -0.3 is 20.9 Å². The molecule has 0 fully saturated rings. The highest BCUT2D eigenvalue weighted by Gasteiger charge is 2.26. The van der Waals surface area contributed by atoms with Crippen LogP contribution >= 0.6 is 0 Å². The van der Waals surface area contributed by atoms with E-state index < -0.39 is 0 Å². The number of aryl methyl sites for hydroxylation is 3. The zero-order chi connectivity index (χ0) is 24.7. The molecular formula is C24H26N10O. The Hall–Kier alpha value is -4.54. The van der Waals surface area contributed by atoms with E-state index in [1.165, 1.54) is 5.56 Å². The van der Waals surface area contributed by atoms with Crippen LogP contribution in [0, 0.1) is 13.8 Å². The summed E-state index contributed by atoms with van der Waals surface area (Å²) in [6.07, 6.45) is 2.04. The summed E-state index contributed by atoms with van der Waals surface area (Å²) in [5, 5.41) is 22.3. The summed E-state index contributed by atoms with van der Waals surface area (Å²) in [6.45, 7) is 4.45. The highest BCUT2D eigenvalue weighted by Crippen LogP contribution is 2.43. The molecule has 0 bridgehead atoms. The maximum atomic E-state index is 12.6. The van der Waals surface area contributed by atoms with Crippen molar-refractivity contribution in [2.24, 2.45) is 7.05 Å². The van der Waals surface area contributed by atoms with Gasteiger partial charge in [-0.25, -0.2) is 9.97 Å². The highest BCUT2D eigenvalue weighted by atomic mass is 16.1. The number of anilines is 5. The molecule has 1 aliphatic rings. The predicted molar refractivity (Wildman–Crippen MR) is 134 cm³/mol. The van der Waals surface area contributed by atoms with E-state index in [1.807, 2.05) is 57.0 Å². The van der Waals surface area contributed by atoms with Crippen LogP contribution < -0.4 is 20.9 Å². The predicted octanol–water partition coefficient (Wildman–Crippen LogP) is 3.08. The van der Waals surface area contributed by atoms with Gasteiger partial charge in [-0.2, -0.15) is 5.10 Å². The number of para-hydroxylation sites is 1. The van der Waals surface area contributed by atoms with Gasteiger partial charge in [0.25, 0.3) is 5.91 Å². The molecule has 4 aromatic rings. The van der Waals surface area contributed by atoms with Crippen molar-refractivity contribution in [1.29, 1.82) is 0 Å². The molecule has 35 heavy (non-hydrogen) atoms. The molecule has 1 aliphatic heterocycles. The monoisotopic (exact) mass is 470 g/mol. The molecule has 3 aromatic heterocycles. The fourth-order valence-corrected chi connectivity index (χ4v) is 4.35. The summed E-state index contributed by atoms with van der Waals surface area (Å²) in [4.78, 5) is 23.5. The minimum atomic E-state index is -0.342. The molecule has 0 atom stereocenters. The van der Waals surface area contributed by atoms with E-state index in [0.717, 1.165) is 34.9 Å². The Morgan fingerprint density at radius 2 is 1.83 bits per heavy atom. The Morgan fingerprint density at radius 3 is 2.60 bits per heavy atom. The molecule has 0 radical (unpaired) electrons. The van der Waals surface area contributed by atoms with E-state index in [1.54, 1.807) is 13.1 Å². The Kier molecular flexibility index (Phi) is 5.51. The summed E-state index contributed by atoms with van der Waals surface area (Å²) >= 11 is 0. The Morgan fingerprint density at radius 1 is 1.00 bits per heavy atom. The lowest BCUT2D eigenvalue weighted by Gasteiger charge is -2.29. The van der Waals surface area contributed by atoms with Crippen LogP contribution in [0.1, 0.15) is 27.6 Å². The number of benzene rings is 1. The van der Waals surface area contributed by atoms with Gasteiger partial charge in [0, 0.05) is 62.8 Å². The normalized spacial score (nSPS) is 12.1. The van der Waals surface area contributed by atoms with Gasteiger partial charge in [-0.15, -0.1) is 10.2 Å². The number of carbonyl (C=O) groups is 1. The first-order valence-corrected chi connectivity index (χ1v) is 11.2. The largest absolute Gasteiger partial charge is 0.368 e. The van der Waals surface area contributed by atoms with Crippen molar-refractivity contribution in [3.8, 4) is 11.3 Å². The summed E-state index contributed by atoms with van der Waals surface area (Å²) < 4.78 is 1.83. The SMILES string of the molecule is CNC(=O)c1nnc(Nc2cc(C)nc(C)n2)cc1Nc1cccc2c1N(C)Cc1cn(C)nc1-2. The molecule has 4 heterocycles. The molecule has 0 saturated carbocycles. The second-order valence-electron chi connectivity index (χ2n) is 8.50. The average molecular weight is 471 g/mol. The lowest BCUT2D eigenvalue weighted by Crippen LogP contribution is -2.23. The van der Waals surface area contributed by atoms with E-state index in [9.17, 15) is 4.79 Å². The zero-order valence-electron chi connectivity index (χ0n) is 20.2. The molecule has 11 heteroatoms. The molecule has 3 N–H and O–H groups in total. The number of amides is 1. The van der Waals surface area contributed by atoms with Gasteiger partial charge in [-0.3, -0.25) is 9.48 Å². The average Bonchev–Trinajstić information content (AvgIpc) is 3.18. The molecule has 5 rings (SSSR count). The van der Waals surface area contributed by atoms with E-state index in [0.29, 0.717) is 23.1 Å². The quantitative estimate of drug-likeness (QED) is 0.403. The lowest BCUT2D eigenvalue weighted by molar-refractivity contribution is 0.0958. The Bertz CT molecular complexity index is 1420. The lowest BCUT2D eigenvalue weighted by atomic mass is 9.99. The second-order valence-corrected chi connectivity index (χ2v) is 8.50. The van der Waals surface area contributed by atoms with Crippen LogP contribution in [0.2, 0.25) is 0 Å². The Labute approximate surface area is 202 Å². The van der Waals surface area contributed by atoms with Gasteiger partial charge in [-0.05, 0) is 19.9 Å². The molecule has 0 spiro atoms. The van der Waals surface area contributed by atoms with Crippen molar-refractivity contribution in [3.05, 3.63) is 59.3 Å². The van der Waals surface area contributed by atoms with E-state index in [-0.39, 0.29) is 11.6 Å². The van der Waals surface area contributed by atoms with Crippen LogP contribution in [0.4, 0.5) is 28.7 Å². The fourth-order valence-electron chi connectivity index (χ4n) is 4.35. The fraction of sp³-hybridized carbons (Fsp3) is 0.250. The molecule has 1 aromatic carbocycles. The van der Waals surface area contributed by atoms with E-state index in [2.05, 4.69) is 52.2 Å². The number of aromatic nitrogens is 6. The van der Waals surface area contributed by atoms with Crippen molar-refractivity contribution >= 4 is 34.6 Å². The van der Waals surface area contributed by atoms with Crippen LogP contribution in [0.15, 0.2) is 36.5 Å². The molecule has 0 saturated heterocycles. The molecule has 178 valence electrons. The van der Waals surface area contributed by atoms with Gasteiger partial charge in [0.15, 0.2) is 11.5 Å². The van der Waals surface area contributed by atoms with Crippen molar-refractivity contribution in [2.45, 2.75) is 20.4 Å². The molecule has 0 aliphatic carbocycles. The number of hydrogen-bond acceptors (Lipinski definition) is 9. The maximum Gasteiger partial charge on any atom is 0.273 e. The minimum Gasteiger partial charge on any atom is -0.368 e. The number of nitrogens with zero attached hydrogens (tertiary/aromatic N) is 7. The number of rotatable bonds is 5. The van der Waals surface area contributed by atoms with E-state index in [4.69, 9.17) is 0 Å². The summed E-state index contributed by atoms with van der Waals surface area (Å²) in [5.74, 6) is 1.35. The first-order chi connectivity index (χ1) is 16.8. The number of hydrogen-bond donors (Lipinski definition) is 3. The Balaban J connectivity index is 1.56. The van der Waals surface area contributed by atoms with Crippen molar-refractivity contribution in [2.75, 3.05) is 29.6 Å². The van der Waals surface area contributed by atoms with Gasteiger partial charge in [0.05, 0.1) is 22.8 Å². The first kappa shape index (κ1) is 22.3. The summed E-state index contributed by atoms with van der Waals surface area (Å²) in [7, 11) is 5.53. The van der Waals surface area contributed by atoms with Gasteiger partial charge in [0.2, 0.25) is 0 Å². The highest BCUT2D eigenvalue weighted by molar-refractivity contribution is 6.00. The van der Waals surface area contributed by atoms with Gasteiger partial charge >= 0.3 is 0 Å². The summed E-state index contributed by atoms with van der Waals surface area (Å²) in [5.41, 5.74) is 6.50. The minimum absolute atomic E-state index is 0.183. The van der Waals surface area contributed by atoms with Crippen LogP contribution in [0.3, 0.4) is 0 Å². The zero-order valence-corrected chi connectivity index (χ0v) is 20.2. The topological polar surface area (TPSA) is 126 Å². The number of fused-ring (bicyclic) bond motifs is 3. The smallest absolute Gasteiger partial charge is 0.273 e. The maximum absolute atomic E-state index is 12.6. The number of carbonyl (C=O) groups excluding carboxylic acids is 1. The van der Waals surface area contributed by atoms with Crippen molar-refractivity contribution < 1.29 is 4.79 Å². The van der Waals surface area contributed by atoms with Crippen LogP contribution in [-0.2, 0) is 13.6 Å². The third kappa shape index (κ3) is 4.23. The molecule has 11 nitrogen and oxygen atoms in total. The standard InChI is InChI=1S/C24H26N10O/c1-13-9-19(27-14(2)26-13)29-20-10-18(22(31-30-20)24(35)25-3)28-17-8-6-7-16-21-15(12-34(5)32-21)11-33(4)23(16)17/h6-10,12H,11H2,1-5H3,(H,25,35)(H2,26,27,28,29,30). The van der Waals surface area contributed by atoms with Gasteiger partial charge in [-0.1, -0.05) is 12.1 Å². The molecular weight excluding hydrogens is 444 g/mol. The molecule has 0 unspecified atom stereocenters. The van der Waals surface area contributed by atoms with Crippen LogP contribution in [-0.4, -0.2) is 49.9 Å². The van der Waals surface area contributed by atoms with Crippen molar-refractivity contribution in [3.63, 3.8) is 0 Å². The van der Waals surface area contributed by atoms with Gasteiger partial charge in [0.1, 0.15) is 11.6 Å². The first-order valence-electron chi connectivity index (χ1n) is 11.2. The van der Waals surface area contributed by atoms with Crippen LogP contribution in [0.5, 0.6) is 0 Å². The second kappa shape index (κ2) is 8.67. The van der Waals surface area contributed by atoms with E-state index >= 15 is 0 Å². The van der Waals surface area contributed by atoms with Crippen molar-refractivity contribution in [1.82, 2.24) is 35.3 Å². The summed E-state index contributed by atoms with van der Waals surface area (Å²) in [6, 6.07) is 9.57. The third-order valence-corrected chi connectivity index (χ3v) is 5.71. The van der Waals surface area contributed by atoms with Crippen LogP contribution in [0.25, 0.3) is 11.3 Å².